The van der Waals surface area contributed by atoms with Crippen LogP contribution in [0, 0.1) is 6.92 Å². The van der Waals surface area contributed by atoms with Crippen molar-refractivity contribution in [1.82, 2.24) is 0 Å². The Hall–Kier alpha value is -4.04. The van der Waals surface area contributed by atoms with Crippen molar-refractivity contribution >= 4 is 0 Å². The molecular formula is C45H54N2+2. The van der Waals surface area contributed by atoms with Gasteiger partial charge >= 0.3 is 0 Å². The minimum absolute atomic E-state index is 0.0238. The van der Waals surface area contributed by atoms with Gasteiger partial charge in [-0.05, 0) is 79.0 Å². The van der Waals surface area contributed by atoms with E-state index in [2.05, 4.69) is 160 Å². The number of pyridine rings is 2. The molecule has 0 N–H and O–H groups in total. The maximum atomic E-state index is 2.66. The van der Waals surface area contributed by atoms with Crippen molar-refractivity contribution in [3.05, 3.63) is 132 Å². The van der Waals surface area contributed by atoms with E-state index in [0.29, 0.717) is 0 Å². The van der Waals surface area contributed by atoms with E-state index in [-0.39, 0.29) is 11.0 Å². The molecule has 0 fully saturated rings. The predicted molar refractivity (Wildman–Crippen MR) is 197 cm³/mol. The minimum atomic E-state index is -0.0283. The van der Waals surface area contributed by atoms with E-state index in [1.165, 1.54) is 68.7 Å². The van der Waals surface area contributed by atoms with Crippen molar-refractivity contribution in [2.24, 2.45) is 0 Å². The molecule has 0 spiro atoms. The fraction of sp³-hybridized carbons (Fsp3) is 0.378. The highest BCUT2D eigenvalue weighted by atomic mass is 15.1. The van der Waals surface area contributed by atoms with Gasteiger partial charge in [-0.25, -0.2) is 0 Å². The molecule has 1 aliphatic rings. The van der Waals surface area contributed by atoms with Crippen LogP contribution in [0.5, 0.6) is 0 Å². The van der Waals surface area contributed by atoms with E-state index in [1.807, 2.05) is 0 Å². The first-order chi connectivity index (χ1) is 22.9. The van der Waals surface area contributed by atoms with E-state index in [0.717, 1.165) is 45.1 Å². The standard InChI is InChI=1S/C45H54N2/c1-7-11-21-35-27-30-47-43(31-35)39-25-17-18-26-41(39)45(10-4,44(47,6)9-3)28-19-29-46-33-40(37-22-13-12-14-23-37)36(8-2)32-42(46)38-24-16-15-20-34(38)5/h12-18,20,22-27,30-33H,7-11,19,21,28-29H2,1-6H3/q+2. The zero-order valence-electron chi connectivity index (χ0n) is 29.7. The molecule has 2 heteroatoms. The zero-order chi connectivity index (χ0) is 33.0. The third-order valence-corrected chi connectivity index (χ3v) is 11.6. The molecule has 0 amide bonds. The topological polar surface area (TPSA) is 7.76 Å². The Labute approximate surface area is 284 Å². The summed E-state index contributed by atoms with van der Waals surface area (Å²) in [6, 6.07) is 36.5. The second-order valence-electron chi connectivity index (χ2n) is 13.9. The maximum absolute atomic E-state index is 2.66. The fourth-order valence-electron chi connectivity index (χ4n) is 8.66. The summed E-state index contributed by atoms with van der Waals surface area (Å²) in [6.07, 6.45) is 13.9. The van der Waals surface area contributed by atoms with Crippen LogP contribution < -0.4 is 9.13 Å². The molecule has 0 saturated carbocycles. The zero-order valence-corrected chi connectivity index (χ0v) is 29.7. The van der Waals surface area contributed by atoms with Gasteiger partial charge in [-0.15, -0.1) is 0 Å². The Balaban J connectivity index is 1.42. The number of aryl methyl sites for hydroxylation is 4. The SMILES string of the molecule is CCCCc1cc[n+]2c(c1)-c1ccccc1C(CC)(CCC[n+]1cc(-c3ccccc3)c(CC)cc1-c1ccccc1C)C2(C)CC. The number of rotatable bonds is 12. The lowest BCUT2D eigenvalue weighted by Gasteiger charge is -2.48. The average molecular weight is 623 g/mol. The van der Waals surface area contributed by atoms with Gasteiger partial charge in [0.2, 0.25) is 11.4 Å². The van der Waals surface area contributed by atoms with E-state index < -0.39 is 0 Å². The quantitative estimate of drug-likeness (QED) is 0.122. The number of aromatic nitrogens is 2. The maximum Gasteiger partial charge on any atom is 0.213 e. The molecule has 2 atom stereocenters. The molecule has 3 aromatic carbocycles. The van der Waals surface area contributed by atoms with Gasteiger partial charge in [-0.1, -0.05) is 101 Å². The summed E-state index contributed by atoms with van der Waals surface area (Å²) in [7, 11) is 0. The molecule has 5 aromatic rings. The van der Waals surface area contributed by atoms with Crippen LogP contribution in [0.2, 0.25) is 0 Å². The molecule has 0 bridgehead atoms. The third kappa shape index (κ3) is 5.86. The van der Waals surface area contributed by atoms with Gasteiger partial charge in [0.25, 0.3) is 0 Å². The lowest BCUT2D eigenvalue weighted by Crippen LogP contribution is -2.68. The number of hydrogen-bond acceptors (Lipinski definition) is 0. The van der Waals surface area contributed by atoms with E-state index >= 15 is 0 Å². The van der Waals surface area contributed by atoms with Gasteiger partial charge < -0.3 is 0 Å². The Bertz CT molecular complexity index is 1840. The van der Waals surface area contributed by atoms with Crippen LogP contribution in [0.3, 0.4) is 0 Å². The molecule has 6 rings (SSSR count). The normalized spacial score (nSPS) is 18.5. The van der Waals surface area contributed by atoms with Crippen LogP contribution in [-0.4, -0.2) is 0 Å². The molecule has 2 aromatic heterocycles. The monoisotopic (exact) mass is 622 g/mol. The Morgan fingerprint density at radius 3 is 2.11 bits per heavy atom. The smallest absolute Gasteiger partial charge is 0.198 e. The molecule has 0 saturated heterocycles. The van der Waals surface area contributed by atoms with Gasteiger partial charge in [0, 0.05) is 49.1 Å². The van der Waals surface area contributed by atoms with Crippen LogP contribution in [-0.2, 0) is 30.3 Å². The molecule has 3 heterocycles. The van der Waals surface area contributed by atoms with Crippen molar-refractivity contribution in [1.29, 1.82) is 0 Å². The number of nitrogens with zero attached hydrogens (tertiary/aromatic N) is 2. The van der Waals surface area contributed by atoms with Crippen LogP contribution in [0.1, 0.15) is 95.4 Å². The molecule has 2 nitrogen and oxygen atoms in total. The summed E-state index contributed by atoms with van der Waals surface area (Å²) in [5.74, 6) is 0. The molecule has 242 valence electrons. The van der Waals surface area contributed by atoms with Crippen molar-refractivity contribution in [2.75, 3.05) is 0 Å². The second kappa shape index (κ2) is 14.0. The lowest BCUT2D eigenvalue weighted by molar-refractivity contribution is -0.766. The Morgan fingerprint density at radius 2 is 1.40 bits per heavy atom. The molecule has 1 aliphatic heterocycles. The van der Waals surface area contributed by atoms with E-state index in [4.69, 9.17) is 0 Å². The van der Waals surface area contributed by atoms with Crippen LogP contribution in [0.15, 0.2) is 109 Å². The number of fused-ring (bicyclic) bond motifs is 3. The van der Waals surface area contributed by atoms with Crippen molar-refractivity contribution in [3.8, 4) is 33.6 Å². The number of benzene rings is 3. The molecule has 47 heavy (non-hydrogen) atoms. The lowest BCUT2D eigenvalue weighted by atomic mass is 9.57. The third-order valence-electron chi connectivity index (χ3n) is 11.6. The van der Waals surface area contributed by atoms with E-state index in [1.54, 1.807) is 0 Å². The Kier molecular flexibility index (Phi) is 9.78. The fourth-order valence-corrected chi connectivity index (χ4v) is 8.66. The highest BCUT2D eigenvalue weighted by Crippen LogP contribution is 2.52. The highest BCUT2D eigenvalue weighted by molar-refractivity contribution is 5.70. The molecule has 2 unspecified atom stereocenters. The average Bonchev–Trinajstić information content (AvgIpc) is 3.12. The highest BCUT2D eigenvalue weighted by Gasteiger charge is 2.58. The Morgan fingerprint density at radius 1 is 0.681 bits per heavy atom. The van der Waals surface area contributed by atoms with Crippen molar-refractivity contribution in [3.63, 3.8) is 0 Å². The largest absolute Gasteiger partial charge is 0.213 e. The van der Waals surface area contributed by atoms with E-state index in [9.17, 15) is 0 Å². The first-order valence-electron chi connectivity index (χ1n) is 18.2. The molecular weight excluding hydrogens is 569 g/mol. The van der Waals surface area contributed by atoms with Crippen molar-refractivity contribution < 1.29 is 9.13 Å². The second-order valence-corrected chi connectivity index (χ2v) is 13.9. The van der Waals surface area contributed by atoms with Gasteiger partial charge in [0.1, 0.15) is 6.54 Å². The predicted octanol–water partition coefficient (Wildman–Crippen LogP) is 10.7. The van der Waals surface area contributed by atoms with Crippen LogP contribution in [0.25, 0.3) is 33.6 Å². The van der Waals surface area contributed by atoms with Crippen LogP contribution in [0.4, 0.5) is 0 Å². The number of unbranched alkanes of at least 4 members (excludes halogenated alkanes) is 1. The van der Waals surface area contributed by atoms with Gasteiger partial charge in [-0.2, -0.15) is 9.13 Å². The van der Waals surface area contributed by atoms with Gasteiger partial charge in [0.05, 0.1) is 11.0 Å². The minimum Gasteiger partial charge on any atom is -0.198 e. The molecule has 0 radical (unpaired) electrons. The molecule has 0 aliphatic carbocycles. The number of hydrogen-bond donors (Lipinski definition) is 0. The summed E-state index contributed by atoms with van der Waals surface area (Å²) in [4.78, 5) is 0. The van der Waals surface area contributed by atoms with Gasteiger partial charge in [-0.3, -0.25) is 0 Å². The summed E-state index contributed by atoms with van der Waals surface area (Å²) in [5, 5.41) is 0. The summed E-state index contributed by atoms with van der Waals surface area (Å²) >= 11 is 0. The first-order valence-corrected chi connectivity index (χ1v) is 18.2. The summed E-state index contributed by atoms with van der Waals surface area (Å²) in [6.45, 7) is 15.2. The van der Waals surface area contributed by atoms with Crippen molar-refractivity contribution in [2.45, 2.75) is 110 Å². The van der Waals surface area contributed by atoms with Crippen LogP contribution >= 0.6 is 0 Å². The first kappa shape index (κ1) is 32.9. The summed E-state index contributed by atoms with van der Waals surface area (Å²) < 4.78 is 5.22. The van der Waals surface area contributed by atoms with Gasteiger partial charge in [0.15, 0.2) is 17.9 Å². The summed E-state index contributed by atoms with van der Waals surface area (Å²) in [5.41, 5.74) is 13.8.